The van der Waals surface area contributed by atoms with Crippen LogP contribution in [-0.4, -0.2) is 55.6 Å². The van der Waals surface area contributed by atoms with Gasteiger partial charge in [-0.25, -0.2) is 4.99 Å². The van der Waals surface area contributed by atoms with Crippen LogP contribution in [-0.2, 0) is 4.79 Å². The minimum Gasteiger partial charge on any atom is -0.488 e. The normalized spacial score (nSPS) is 15.9. The van der Waals surface area contributed by atoms with Gasteiger partial charge < -0.3 is 20.3 Å². The Morgan fingerprint density at radius 1 is 1.38 bits per heavy atom. The number of nitrogens with one attached hydrogen (secondary N) is 2. The van der Waals surface area contributed by atoms with Crippen LogP contribution in [0.5, 0.6) is 5.75 Å². The molecule has 1 aliphatic rings. The molecule has 0 saturated carbocycles. The van der Waals surface area contributed by atoms with Crippen LogP contribution in [0, 0.1) is 0 Å². The maximum atomic E-state index is 11.6. The molecule has 1 aromatic carbocycles. The Morgan fingerprint density at radius 3 is 2.88 bits per heavy atom. The molecule has 2 rings (SSSR count). The van der Waals surface area contributed by atoms with Gasteiger partial charge in [-0.15, -0.1) is 0 Å². The van der Waals surface area contributed by atoms with Crippen molar-refractivity contribution in [3.05, 3.63) is 28.7 Å². The highest BCUT2D eigenvalue weighted by atomic mass is 79.9. The minimum absolute atomic E-state index is 0.0358. The van der Waals surface area contributed by atoms with Gasteiger partial charge in [0, 0.05) is 32.6 Å². The predicted octanol–water partition coefficient (Wildman–Crippen LogP) is 2.78. The molecule has 1 heterocycles. The number of amides is 1. The van der Waals surface area contributed by atoms with Gasteiger partial charge in [0.05, 0.1) is 11.0 Å². The summed E-state index contributed by atoms with van der Waals surface area (Å²) in [7, 11) is 0. The van der Waals surface area contributed by atoms with Gasteiger partial charge in [-0.1, -0.05) is 12.1 Å². The van der Waals surface area contributed by atoms with Crippen LogP contribution in [0.15, 0.2) is 33.7 Å². The molecule has 0 spiro atoms. The quantitative estimate of drug-likeness (QED) is 0.363. The number of rotatable bonds is 9. The third-order valence-corrected chi connectivity index (χ3v) is 4.74. The highest BCUT2D eigenvalue weighted by molar-refractivity contribution is 9.10. The highest BCUT2D eigenvalue weighted by Crippen LogP contribution is 2.24. The molecule has 0 aromatic heterocycles. The van der Waals surface area contributed by atoms with Crippen molar-refractivity contribution in [3.63, 3.8) is 0 Å². The number of ether oxygens (including phenoxy) is 1. The van der Waals surface area contributed by atoms with Crippen LogP contribution in [0.4, 0.5) is 0 Å². The summed E-state index contributed by atoms with van der Waals surface area (Å²) in [5.74, 6) is 1.88. The van der Waals surface area contributed by atoms with Gasteiger partial charge in [0.25, 0.3) is 0 Å². The Bertz CT molecular complexity index is 609. The van der Waals surface area contributed by atoms with Gasteiger partial charge in [0.15, 0.2) is 5.96 Å². The van der Waals surface area contributed by atoms with Crippen LogP contribution in [0.3, 0.4) is 0 Å². The average molecular weight is 425 g/mol. The smallest absolute Gasteiger partial charge is 0.222 e. The fourth-order valence-electron chi connectivity index (χ4n) is 2.77. The molecule has 2 N–H and O–H groups in total. The van der Waals surface area contributed by atoms with Crippen LogP contribution in [0.2, 0.25) is 0 Å². The number of likely N-dealkylation sites (tertiary alicyclic amines) is 1. The molecule has 1 atom stereocenters. The number of aliphatic imine (C=N–C) groups is 1. The minimum atomic E-state index is -0.0358. The van der Waals surface area contributed by atoms with E-state index >= 15 is 0 Å². The number of carbonyl (C=O) groups excluding carboxylic acids is 1. The fraction of sp³-hybridized carbons (Fsp3) is 0.579. The van der Waals surface area contributed by atoms with Crippen LogP contribution < -0.4 is 15.4 Å². The number of nitrogens with zero attached hydrogens (tertiary/aromatic N) is 2. The Morgan fingerprint density at radius 2 is 2.19 bits per heavy atom. The lowest BCUT2D eigenvalue weighted by Gasteiger charge is -2.17. The third kappa shape index (κ3) is 6.86. The highest BCUT2D eigenvalue weighted by Gasteiger charge is 2.18. The van der Waals surface area contributed by atoms with Crippen molar-refractivity contribution in [1.82, 2.24) is 15.5 Å². The maximum absolute atomic E-state index is 11.6. The second-order valence-electron chi connectivity index (χ2n) is 6.34. The summed E-state index contributed by atoms with van der Waals surface area (Å²) in [6.45, 7) is 7.91. The summed E-state index contributed by atoms with van der Waals surface area (Å²) in [6, 6.07) is 7.81. The van der Waals surface area contributed by atoms with Crippen LogP contribution in [0.1, 0.15) is 33.1 Å². The first-order valence-corrected chi connectivity index (χ1v) is 10.1. The SMILES string of the molecule is CCNC(=NCC(C)Oc1ccccc1Br)NCCCN1CCCC1=O. The Kier molecular flexibility index (Phi) is 8.74. The van der Waals surface area contributed by atoms with Gasteiger partial charge in [-0.05, 0) is 54.8 Å². The van der Waals surface area contributed by atoms with E-state index in [-0.39, 0.29) is 12.0 Å². The predicted molar refractivity (Wildman–Crippen MR) is 109 cm³/mol. The zero-order valence-electron chi connectivity index (χ0n) is 15.6. The number of hydrogen-bond acceptors (Lipinski definition) is 3. The Labute approximate surface area is 164 Å². The lowest BCUT2D eigenvalue weighted by atomic mass is 10.3. The molecule has 144 valence electrons. The van der Waals surface area contributed by atoms with E-state index in [1.54, 1.807) is 0 Å². The first kappa shape index (κ1) is 20.6. The molecule has 7 heteroatoms. The number of guanidine groups is 1. The molecule has 0 radical (unpaired) electrons. The van der Waals surface area contributed by atoms with Crippen molar-refractivity contribution in [2.75, 3.05) is 32.7 Å². The largest absolute Gasteiger partial charge is 0.488 e. The Balaban J connectivity index is 1.74. The molecule has 1 saturated heterocycles. The molecule has 0 bridgehead atoms. The van der Waals surface area contributed by atoms with Crippen LogP contribution >= 0.6 is 15.9 Å². The van der Waals surface area contributed by atoms with E-state index in [0.29, 0.717) is 13.0 Å². The van der Waals surface area contributed by atoms with Crippen molar-refractivity contribution >= 4 is 27.8 Å². The van der Waals surface area contributed by atoms with E-state index in [9.17, 15) is 4.79 Å². The first-order chi connectivity index (χ1) is 12.6. The van der Waals surface area contributed by atoms with Gasteiger partial charge >= 0.3 is 0 Å². The second-order valence-corrected chi connectivity index (χ2v) is 7.20. The molecule has 6 nitrogen and oxygen atoms in total. The van der Waals surface area contributed by atoms with E-state index < -0.39 is 0 Å². The zero-order chi connectivity index (χ0) is 18.8. The summed E-state index contributed by atoms with van der Waals surface area (Å²) >= 11 is 3.49. The van der Waals surface area contributed by atoms with E-state index in [1.165, 1.54) is 0 Å². The van der Waals surface area contributed by atoms with E-state index in [0.717, 1.165) is 55.2 Å². The number of para-hydroxylation sites is 1. The summed E-state index contributed by atoms with van der Waals surface area (Å²) in [6.07, 6.45) is 2.57. The van der Waals surface area contributed by atoms with Gasteiger partial charge in [0.1, 0.15) is 11.9 Å². The maximum Gasteiger partial charge on any atom is 0.222 e. The van der Waals surface area contributed by atoms with E-state index in [4.69, 9.17) is 4.74 Å². The molecular weight excluding hydrogens is 396 g/mol. The first-order valence-electron chi connectivity index (χ1n) is 9.31. The average Bonchev–Trinajstić information content (AvgIpc) is 3.03. The third-order valence-electron chi connectivity index (χ3n) is 4.08. The van der Waals surface area contributed by atoms with Crippen molar-refractivity contribution in [3.8, 4) is 5.75 Å². The fourth-order valence-corrected chi connectivity index (χ4v) is 3.15. The summed E-state index contributed by atoms with van der Waals surface area (Å²) in [5, 5.41) is 6.57. The molecule has 1 aliphatic heterocycles. The molecule has 0 aliphatic carbocycles. The Hall–Kier alpha value is -1.76. The topological polar surface area (TPSA) is 66.0 Å². The van der Waals surface area contributed by atoms with Crippen molar-refractivity contribution in [2.45, 2.75) is 39.2 Å². The monoisotopic (exact) mass is 424 g/mol. The van der Waals surface area contributed by atoms with Crippen molar-refractivity contribution < 1.29 is 9.53 Å². The lowest BCUT2D eigenvalue weighted by Crippen LogP contribution is -2.39. The van der Waals surface area contributed by atoms with E-state index in [1.807, 2.05) is 43.0 Å². The zero-order valence-corrected chi connectivity index (χ0v) is 17.2. The van der Waals surface area contributed by atoms with Gasteiger partial charge in [-0.2, -0.15) is 0 Å². The number of carbonyl (C=O) groups is 1. The van der Waals surface area contributed by atoms with Crippen molar-refractivity contribution in [2.24, 2.45) is 4.99 Å². The second kappa shape index (κ2) is 11.1. The van der Waals surface area contributed by atoms with Crippen LogP contribution in [0.25, 0.3) is 0 Å². The summed E-state index contributed by atoms with van der Waals surface area (Å²) in [5.41, 5.74) is 0. The van der Waals surface area contributed by atoms with Crippen molar-refractivity contribution in [1.29, 1.82) is 0 Å². The summed E-state index contributed by atoms with van der Waals surface area (Å²) in [4.78, 5) is 18.1. The molecule has 1 fully saturated rings. The van der Waals surface area contributed by atoms with Gasteiger partial charge in [-0.3, -0.25) is 4.79 Å². The number of halogens is 1. The molecule has 1 unspecified atom stereocenters. The standard InChI is InChI=1S/C19H29BrN4O2/c1-3-21-19(22-11-7-13-24-12-6-10-18(24)25)23-14-15(2)26-17-9-5-4-8-16(17)20/h4-5,8-9,15H,3,6-7,10-14H2,1-2H3,(H2,21,22,23). The molecule has 26 heavy (non-hydrogen) atoms. The van der Waals surface area contributed by atoms with E-state index in [2.05, 4.69) is 31.6 Å². The molecule has 1 aromatic rings. The molecule has 1 amide bonds. The van der Waals surface area contributed by atoms with Gasteiger partial charge in [0.2, 0.25) is 5.91 Å². The molecular formula is C19H29BrN4O2. The summed E-state index contributed by atoms with van der Waals surface area (Å²) < 4.78 is 6.87. The lowest BCUT2D eigenvalue weighted by molar-refractivity contribution is -0.127. The number of benzene rings is 1. The number of hydrogen-bond donors (Lipinski definition) is 2.